The van der Waals surface area contributed by atoms with Crippen LogP contribution in [-0.4, -0.2) is 27.8 Å². The summed E-state index contributed by atoms with van der Waals surface area (Å²) < 4.78 is 0. The minimum atomic E-state index is -3.33. The van der Waals surface area contributed by atoms with Crippen molar-refractivity contribution in [2.24, 2.45) is 0 Å². The molecular weight excluding hydrogens is 151 g/mol. The summed E-state index contributed by atoms with van der Waals surface area (Å²) in [6, 6.07) is 0. The summed E-state index contributed by atoms with van der Waals surface area (Å²) in [6.07, 6.45) is 0. The van der Waals surface area contributed by atoms with Crippen LogP contribution in [0.1, 0.15) is 6.92 Å². The number of carbonyl (C=O) groups is 2. The molecule has 10 heavy (non-hydrogen) atoms. The Balaban J connectivity index is 0. The van der Waals surface area contributed by atoms with Crippen LogP contribution in [-0.2, 0) is 9.59 Å². The molecule has 52 valence electrons. The van der Waals surface area contributed by atoms with Gasteiger partial charge in [-0.25, -0.2) is 0 Å². The maximum Gasteiger partial charge on any atom is 1.00 e. The first-order valence-electron chi connectivity index (χ1n) is 2.06. The summed E-state index contributed by atoms with van der Waals surface area (Å²) in [7, 11) is 0. The molecule has 0 aromatic carbocycles. The third kappa shape index (κ3) is 2.76. The molecular formula is C4H5NaO5. The standard InChI is InChI=1S/C4H6O5.Na/c1-2(5)4(8,9)3(6)7;/h8-9H,1H3,(H,6,7);/q;+1/p-1. The van der Waals surface area contributed by atoms with Crippen LogP contribution >= 0.6 is 0 Å². The average Bonchev–Trinajstić information content (AvgIpc) is 1.65. The minimum absolute atomic E-state index is 0. The Labute approximate surface area is 79.0 Å². The van der Waals surface area contributed by atoms with E-state index in [9.17, 15) is 14.7 Å². The number of carboxylic acids is 1. The van der Waals surface area contributed by atoms with E-state index in [0.29, 0.717) is 0 Å². The second kappa shape index (κ2) is 4.05. The zero-order valence-corrected chi connectivity index (χ0v) is 7.62. The van der Waals surface area contributed by atoms with Gasteiger partial charge in [-0.2, -0.15) is 0 Å². The van der Waals surface area contributed by atoms with E-state index in [2.05, 4.69) is 0 Å². The maximum atomic E-state index is 9.99. The van der Waals surface area contributed by atoms with Crippen LogP contribution in [0.15, 0.2) is 0 Å². The molecule has 0 atom stereocenters. The van der Waals surface area contributed by atoms with E-state index in [1.54, 1.807) is 0 Å². The summed E-state index contributed by atoms with van der Waals surface area (Å²) in [4.78, 5) is 19.6. The van der Waals surface area contributed by atoms with Gasteiger partial charge in [0.15, 0.2) is 5.78 Å². The normalized spacial score (nSPS) is 9.90. The van der Waals surface area contributed by atoms with Crippen LogP contribution in [0, 0.1) is 0 Å². The number of ketones is 1. The van der Waals surface area contributed by atoms with E-state index in [0.717, 1.165) is 6.92 Å². The van der Waals surface area contributed by atoms with Crippen LogP contribution in [0.2, 0.25) is 0 Å². The third-order valence-corrected chi connectivity index (χ3v) is 0.776. The van der Waals surface area contributed by atoms with Gasteiger partial charge in [-0.1, -0.05) is 0 Å². The van der Waals surface area contributed by atoms with Crippen LogP contribution < -0.4 is 34.7 Å². The Morgan fingerprint density at radius 2 is 1.70 bits per heavy atom. The minimum Gasteiger partial charge on any atom is -0.544 e. The molecule has 0 fully saturated rings. The number of aliphatic carboxylic acids is 1. The smallest absolute Gasteiger partial charge is 0.544 e. The second-order valence-corrected chi connectivity index (χ2v) is 1.52. The fourth-order valence-corrected chi connectivity index (χ4v) is 0.144. The molecule has 0 aromatic heterocycles. The molecule has 0 aliphatic heterocycles. The second-order valence-electron chi connectivity index (χ2n) is 1.52. The van der Waals surface area contributed by atoms with Crippen LogP contribution in [0.3, 0.4) is 0 Å². The summed E-state index contributed by atoms with van der Waals surface area (Å²) >= 11 is 0. The van der Waals surface area contributed by atoms with Crippen molar-refractivity contribution in [2.75, 3.05) is 0 Å². The van der Waals surface area contributed by atoms with Crippen LogP contribution in [0.25, 0.3) is 0 Å². The SMILES string of the molecule is CC(=O)C(O)(O)C(=O)[O-].[Na+]. The molecule has 6 heteroatoms. The maximum absolute atomic E-state index is 9.99. The quantitative estimate of drug-likeness (QED) is 0.235. The first-order valence-corrected chi connectivity index (χ1v) is 2.06. The van der Waals surface area contributed by atoms with E-state index in [-0.39, 0.29) is 29.6 Å². The van der Waals surface area contributed by atoms with Crippen LogP contribution in [0.5, 0.6) is 0 Å². The van der Waals surface area contributed by atoms with Crippen molar-refractivity contribution in [3.05, 3.63) is 0 Å². The first kappa shape index (κ1) is 12.7. The van der Waals surface area contributed by atoms with Crippen molar-refractivity contribution in [3.63, 3.8) is 0 Å². The van der Waals surface area contributed by atoms with Gasteiger partial charge in [0.2, 0.25) is 0 Å². The number of hydrogen-bond donors (Lipinski definition) is 2. The summed E-state index contributed by atoms with van der Waals surface area (Å²) in [6.45, 7) is 0.732. The Morgan fingerprint density at radius 3 is 1.70 bits per heavy atom. The molecule has 0 rings (SSSR count). The molecule has 2 N–H and O–H groups in total. The van der Waals surface area contributed by atoms with Gasteiger partial charge in [0.05, 0.1) is 0 Å². The molecule has 0 aromatic rings. The van der Waals surface area contributed by atoms with E-state index < -0.39 is 17.5 Å². The van der Waals surface area contributed by atoms with Crippen molar-refractivity contribution in [1.82, 2.24) is 0 Å². The molecule has 0 amide bonds. The first-order chi connectivity index (χ1) is 3.89. The zero-order chi connectivity index (χ0) is 7.65. The monoisotopic (exact) mass is 156 g/mol. The number of carboxylic acid groups (broad SMARTS) is 1. The van der Waals surface area contributed by atoms with E-state index in [1.807, 2.05) is 0 Å². The summed E-state index contributed by atoms with van der Waals surface area (Å²) in [5.74, 6) is -6.82. The van der Waals surface area contributed by atoms with Gasteiger partial charge in [0.1, 0.15) is 5.97 Å². The molecule has 0 heterocycles. The molecule has 0 aliphatic rings. The van der Waals surface area contributed by atoms with Gasteiger partial charge in [0.25, 0.3) is 5.79 Å². The molecule has 0 saturated carbocycles. The van der Waals surface area contributed by atoms with Gasteiger partial charge in [0, 0.05) is 6.92 Å². The van der Waals surface area contributed by atoms with Crippen molar-refractivity contribution in [2.45, 2.75) is 12.7 Å². The van der Waals surface area contributed by atoms with E-state index in [4.69, 9.17) is 10.2 Å². The number of hydrogen-bond acceptors (Lipinski definition) is 5. The molecule has 0 saturated heterocycles. The fourth-order valence-electron chi connectivity index (χ4n) is 0.144. The number of aliphatic hydroxyl groups is 2. The van der Waals surface area contributed by atoms with Gasteiger partial charge in [-0.15, -0.1) is 0 Å². The van der Waals surface area contributed by atoms with E-state index in [1.165, 1.54) is 0 Å². The molecule has 0 aliphatic carbocycles. The number of Topliss-reactive ketones (excluding diaryl/α,β-unsaturated/α-hetero) is 1. The van der Waals surface area contributed by atoms with Crippen LogP contribution in [0.4, 0.5) is 0 Å². The number of rotatable bonds is 2. The fraction of sp³-hybridized carbons (Fsp3) is 0.500. The molecule has 0 unspecified atom stereocenters. The Kier molecular flexibility index (Phi) is 5.14. The topological polar surface area (TPSA) is 97.7 Å². The van der Waals surface area contributed by atoms with E-state index >= 15 is 0 Å². The van der Waals surface area contributed by atoms with Crippen molar-refractivity contribution >= 4 is 11.8 Å². The average molecular weight is 156 g/mol. The predicted octanol–water partition coefficient (Wildman–Crippen LogP) is -5.99. The molecule has 5 nitrogen and oxygen atoms in total. The predicted molar refractivity (Wildman–Crippen MR) is 22.9 cm³/mol. The Hall–Kier alpha value is 0.0600. The summed E-state index contributed by atoms with van der Waals surface area (Å²) in [5.41, 5.74) is 0. The third-order valence-electron chi connectivity index (χ3n) is 0.776. The van der Waals surface area contributed by atoms with Gasteiger partial charge in [-0.3, -0.25) is 4.79 Å². The summed E-state index contributed by atoms with van der Waals surface area (Å²) in [5, 5.41) is 26.1. The van der Waals surface area contributed by atoms with Crippen molar-refractivity contribution < 1.29 is 54.5 Å². The molecule has 0 bridgehead atoms. The number of carbonyl (C=O) groups excluding carboxylic acids is 2. The Bertz CT molecular complexity index is 136. The van der Waals surface area contributed by atoms with Crippen molar-refractivity contribution in [3.8, 4) is 0 Å². The van der Waals surface area contributed by atoms with Crippen molar-refractivity contribution in [1.29, 1.82) is 0 Å². The van der Waals surface area contributed by atoms with Gasteiger partial charge < -0.3 is 20.1 Å². The van der Waals surface area contributed by atoms with Gasteiger partial charge in [-0.05, 0) is 0 Å². The molecule has 0 radical (unpaired) electrons. The largest absolute Gasteiger partial charge is 1.00 e. The Morgan fingerprint density at radius 1 is 1.40 bits per heavy atom. The molecule has 0 spiro atoms. The van der Waals surface area contributed by atoms with Gasteiger partial charge >= 0.3 is 29.6 Å². The zero-order valence-electron chi connectivity index (χ0n) is 5.62.